The fraction of sp³-hybridized carbons (Fsp3) is 0.100. The van der Waals surface area contributed by atoms with Crippen molar-refractivity contribution >= 4 is 23.5 Å². The highest BCUT2D eigenvalue weighted by atomic mass is 32.1. The molecule has 19 heavy (non-hydrogen) atoms. The van der Waals surface area contributed by atoms with Crippen LogP contribution in [0, 0.1) is 5.13 Å². The first-order chi connectivity index (χ1) is 9.06. The first-order valence-electron chi connectivity index (χ1n) is 4.98. The number of hydrazone groups is 1. The molecule has 0 aliphatic rings. The molecule has 0 spiro atoms. The molecule has 0 aromatic carbocycles. The van der Waals surface area contributed by atoms with Crippen molar-refractivity contribution in [2.45, 2.75) is 6.55 Å². The van der Waals surface area contributed by atoms with E-state index in [0.717, 1.165) is 23.6 Å². The second kappa shape index (κ2) is 5.65. The van der Waals surface area contributed by atoms with E-state index in [0.29, 0.717) is 9.56 Å². The van der Waals surface area contributed by atoms with Gasteiger partial charge in [0.25, 0.3) is 5.91 Å². The quantitative estimate of drug-likeness (QED) is 0.693. The molecule has 0 aliphatic carbocycles. The summed E-state index contributed by atoms with van der Waals surface area (Å²) in [6.45, 7) is -2.81. The van der Waals surface area contributed by atoms with Gasteiger partial charge in [-0.2, -0.15) is 23.4 Å². The van der Waals surface area contributed by atoms with Crippen LogP contribution in [0.2, 0.25) is 0 Å². The maximum absolute atomic E-state index is 12.6. The summed E-state index contributed by atoms with van der Waals surface area (Å²) < 4.78 is 37.4. The Morgan fingerprint density at radius 1 is 1.47 bits per heavy atom. The largest absolute Gasteiger partial charge is 0.333 e. The molecule has 9 heteroatoms. The number of carbonyl (C=O) groups is 1. The second-order valence-electron chi connectivity index (χ2n) is 3.30. The summed E-state index contributed by atoms with van der Waals surface area (Å²) in [4.78, 5) is 12.0. The van der Waals surface area contributed by atoms with E-state index in [2.05, 4.69) is 15.6 Å². The fourth-order valence-corrected chi connectivity index (χ4v) is 1.78. The van der Waals surface area contributed by atoms with Gasteiger partial charge in [0.05, 0.1) is 11.1 Å². The molecule has 0 aliphatic heterocycles. The first-order valence-corrected chi connectivity index (χ1v) is 5.80. The van der Waals surface area contributed by atoms with E-state index >= 15 is 0 Å². The smallest absolute Gasteiger partial charge is 0.265 e. The van der Waals surface area contributed by atoms with Crippen LogP contribution in [0.15, 0.2) is 29.5 Å². The molecule has 2 aromatic rings. The van der Waals surface area contributed by atoms with E-state index in [1.807, 2.05) is 0 Å². The van der Waals surface area contributed by atoms with Crippen molar-refractivity contribution in [2.24, 2.45) is 5.10 Å². The molecule has 0 atom stereocenters. The highest BCUT2D eigenvalue weighted by Crippen LogP contribution is 2.11. The Morgan fingerprint density at radius 2 is 2.26 bits per heavy atom. The van der Waals surface area contributed by atoms with Gasteiger partial charge in [0.15, 0.2) is 10.8 Å². The number of rotatable bonds is 4. The number of aromatic nitrogens is 2. The molecule has 2 heterocycles. The fourth-order valence-electron chi connectivity index (χ4n) is 1.18. The van der Waals surface area contributed by atoms with E-state index in [-0.39, 0.29) is 10.8 Å². The van der Waals surface area contributed by atoms with E-state index in [4.69, 9.17) is 0 Å². The van der Waals surface area contributed by atoms with Gasteiger partial charge in [-0.15, -0.1) is 11.3 Å². The summed E-state index contributed by atoms with van der Waals surface area (Å²) in [5, 5.41) is 6.56. The normalized spacial score (nSPS) is 11.4. The molecule has 0 saturated heterocycles. The van der Waals surface area contributed by atoms with E-state index < -0.39 is 12.5 Å². The van der Waals surface area contributed by atoms with Crippen molar-refractivity contribution in [3.05, 3.63) is 40.1 Å². The van der Waals surface area contributed by atoms with Gasteiger partial charge in [0.2, 0.25) is 0 Å². The number of amides is 1. The summed E-state index contributed by atoms with van der Waals surface area (Å²) >= 11 is 0.857. The van der Waals surface area contributed by atoms with E-state index in [1.54, 1.807) is 0 Å². The molecule has 2 rings (SSSR count). The molecule has 0 unspecified atom stereocenters. The summed E-state index contributed by atoms with van der Waals surface area (Å²) in [5.41, 5.74) is 1.92. The number of hydrogen-bond donors (Lipinski definition) is 1. The van der Waals surface area contributed by atoms with Crippen molar-refractivity contribution < 1.29 is 18.0 Å². The number of nitrogens with zero attached hydrogens (tertiary/aromatic N) is 3. The van der Waals surface area contributed by atoms with Gasteiger partial charge in [-0.3, -0.25) is 4.79 Å². The average molecular weight is 288 g/mol. The minimum Gasteiger partial charge on any atom is -0.265 e. The number of halogens is 3. The van der Waals surface area contributed by atoms with Crippen LogP contribution in [0.1, 0.15) is 21.9 Å². The number of thiophene rings is 1. The molecule has 2 aromatic heterocycles. The average Bonchev–Trinajstić information content (AvgIpc) is 2.98. The Balaban J connectivity index is 1.95. The molecule has 0 fully saturated rings. The maximum atomic E-state index is 12.6. The molecule has 0 bridgehead atoms. The Kier molecular flexibility index (Phi) is 3.95. The predicted octanol–water partition coefficient (Wildman–Crippen LogP) is 2.24. The minimum atomic E-state index is -2.81. The van der Waals surface area contributed by atoms with Crippen LogP contribution in [0.25, 0.3) is 0 Å². The van der Waals surface area contributed by atoms with Crippen LogP contribution in [0.3, 0.4) is 0 Å². The number of hydrogen-bond acceptors (Lipinski definition) is 4. The zero-order chi connectivity index (χ0) is 13.8. The molecule has 0 radical (unpaired) electrons. The number of carbonyl (C=O) groups excluding carboxylic acids is 1. The number of nitrogens with one attached hydrogen (secondary N) is 1. The van der Waals surface area contributed by atoms with Crippen molar-refractivity contribution in [1.82, 2.24) is 15.2 Å². The van der Waals surface area contributed by atoms with Crippen LogP contribution < -0.4 is 5.43 Å². The number of alkyl halides is 2. The monoisotopic (exact) mass is 288 g/mol. The molecular weight excluding hydrogens is 281 g/mol. The Labute approximate surface area is 109 Å². The van der Waals surface area contributed by atoms with Crippen LogP contribution >= 0.6 is 11.3 Å². The molecule has 1 N–H and O–H groups in total. The van der Waals surface area contributed by atoms with Gasteiger partial charge < -0.3 is 0 Å². The molecular formula is C10H7F3N4OS. The zero-order valence-electron chi connectivity index (χ0n) is 9.26. The lowest BCUT2D eigenvalue weighted by molar-refractivity contribution is 0.0560. The summed E-state index contributed by atoms with van der Waals surface area (Å²) in [6, 6.07) is 3.89. The third-order valence-electron chi connectivity index (χ3n) is 1.99. The Hall–Kier alpha value is -2.16. The van der Waals surface area contributed by atoms with Gasteiger partial charge in [0.1, 0.15) is 0 Å². The topological polar surface area (TPSA) is 59.3 Å². The highest BCUT2D eigenvalue weighted by molar-refractivity contribution is 7.12. The summed E-state index contributed by atoms with van der Waals surface area (Å²) in [6.07, 6.45) is 2.23. The first kappa shape index (κ1) is 13.3. The predicted molar refractivity (Wildman–Crippen MR) is 62.8 cm³/mol. The second-order valence-corrected chi connectivity index (χ2v) is 4.37. The Bertz CT molecular complexity index is 607. The minimum absolute atomic E-state index is 0.185. The molecule has 5 nitrogen and oxygen atoms in total. The molecule has 1 amide bonds. The lowest BCUT2D eigenvalue weighted by atomic mass is 10.4. The van der Waals surface area contributed by atoms with Crippen LogP contribution in [-0.4, -0.2) is 21.9 Å². The van der Waals surface area contributed by atoms with Gasteiger partial charge >= 0.3 is 6.55 Å². The van der Waals surface area contributed by atoms with E-state index in [9.17, 15) is 18.0 Å². The SMILES string of the molecule is O=C(N/N=C/c1ccc(F)s1)c1ccn(C(F)F)n1. The van der Waals surface area contributed by atoms with Crippen LogP contribution in [0.4, 0.5) is 13.2 Å². The van der Waals surface area contributed by atoms with Crippen molar-refractivity contribution in [3.8, 4) is 0 Å². The van der Waals surface area contributed by atoms with E-state index in [1.165, 1.54) is 18.3 Å². The highest BCUT2D eigenvalue weighted by Gasteiger charge is 2.12. The van der Waals surface area contributed by atoms with Crippen molar-refractivity contribution in [1.29, 1.82) is 0 Å². The van der Waals surface area contributed by atoms with Crippen molar-refractivity contribution in [3.63, 3.8) is 0 Å². The third-order valence-corrected chi connectivity index (χ3v) is 2.80. The molecule has 100 valence electrons. The van der Waals surface area contributed by atoms with Gasteiger partial charge in [-0.05, 0) is 18.2 Å². The lowest BCUT2D eigenvalue weighted by Gasteiger charge is -1.97. The zero-order valence-corrected chi connectivity index (χ0v) is 10.1. The van der Waals surface area contributed by atoms with Gasteiger partial charge in [0, 0.05) is 6.20 Å². The van der Waals surface area contributed by atoms with Crippen molar-refractivity contribution in [2.75, 3.05) is 0 Å². The third kappa shape index (κ3) is 3.41. The standard InChI is InChI=1S/C10H7F3N4OS/c11-8-2-1-6(19-8)5-14-15-9(18)7-3-4-17(16-7)10(12)13/h1-5,10H,(H,15,18)/b14-5+. The Morgan fingerprint density at radius 3 is 2.84 bits per heavy atom. The van der Waals surface area contributed by atoms with Gasteiger partial charge in [-0.1, -0.05) is 0 Å². The maximum Gasteiger partial charge on any atom is 0.333 e. The van der Waals surface area contributed by atoms with Crippen LogP contribution in [-0.2, 0) is 0 Å². The lowest BCUT2D eigenvalue weighted by Crippen LogP contribution is -2.18. The summed E-state index contributed by atoms with van der Waals surface area (Å²) in [5.74, 6) is -0.729. The van der Waals surface area contributed by atoms with Gasteiger partial charge in [-0.25, -0.2) is 10.1 Å². The molecule has 0 saturated carbocycles. The van der Waals surface area contributed by atoms with Crippen LogP contribution in [0.5, 0.6) is 0 Å². The summed E-state index contributed by atoms with van der Waals surface area (Å²) in [7, 11) is 0.